The normalized spacial score (nSPS) is 26.9. The van der Waals surface area contributed by atoms with Gasteiger partial charge < -0.3 is 9.67 Å². The average Bonchev–Trinajstić information content (AvgIpc) is 2.71. The number of rotatable bonds is 2. The number of aromatic nitrogens is 3. The molecule has 1 heterocycles. The van der Waals surface area contributed by atoms with E-state index in [0.29, 0.717) is 12.8 Å². The molecule has 1 aliphatic carbocycles. The Morgan fingerprint density at radius 1 is 1.44 bits per heavy atom. The Balaban J connectivity index is 2.11. The predicted molar refractivity (Wildman–Crippen MR) is 71.2 cm³/mol. The third-order valence-electron chi connectivity index (χ3n) is 3.68. The second kappa shape index (κ2) is 4.17. The van der Waals surface area contributed by atoms with Crippen LogP contribution in [0.15, 0.2) is 35.1 Å². The molecule has 1 N–H and O–H groups in total. The van der Waals surface area contributed by atoms with Crippen molar-refractivity contribution in [3.05, 3.63) is 46.5 Å². The van der Waals surface area contributed by atoms with E-state index >= 15 is 0 Å². The van der Waals surface area contributed by atoms with E-state index in [-0.39, 0.29) is 11.5 Å². The molecule has 0 saturated heterocycles. The van der Waals surface area contributed by atoms with E-state index in [1.165, 1.54) is 5.56 Å². The third-order valence-corrected chi connectivity index (χ3v) is 4.18. The minimum Gasteiger partial charge on any atom is -0.393 e. The summed E-state index contributed by atoms with van der Waals surface area (Å²) in [5.74, 6) is 0.922. The first kappa shape index (κ1) is 11.9. The Morgan fingerprint density at radius 2 is 2.22 bits per heavy atom. The zero-order valence-electron chi connectivity index (χ0n) is 10.0. The molecular formula is C13H14BrN3O. The third kappa shape index (κ3) is 1.69. The van der Waals surface area contributed by atoms with Gasteiger partial charge in [-0.1, -0.05) is 28.1 Å². The Bertz CT molecular complexity index is 575. The first-order chi connectivity index (χ1) is 8.62. The molecule has 0 spiro atoms. The first-order valence-corrected chi connectivity index (χ1v) is 6.70. The molecule has 1 aliphatic rings. The maximum atomic E-state index is 9.73. The smallest absolute Gasteiger partial charge is 0.143 e. The molecule has 0 unspecified atom stereocenters. The van der Waals surface area contributed by atoms with Crippen molar-refractivity contribution < 1.29 is 5.11 Å². The minimum absolute atomic E-state index is 0.200. The van der Waals surface area contributed by atoms with Gasteiger partial charge in [-0.05, 0) is 30.5 Å². The van der Waals surface area contributed by atoms with Crippen molar-refractivity contribution in [3.8, 4) is 0 Å². The molecule has 1 aromatic heterocycles. The summed E-state index contributed by atoms with van der Waals surface area (Å²) in [6, 6.07) is 8.21. The second-order valence-electron chi connectivity index (χ2n) is 4.92. The molecule has 0 amide bonds. The fourth-order valence-electron chi connectivity index (χ4n) is 2.79. The fourth-order valence-corrected chi connectivity index (χ4v) is 3.19. The van der Waals surface area contributed by atoms with Crippen LogP contribution < -0.4 is 0 Å². The number of halogens is 1. The minimum atomic E-state index is -0.249. The summed E-state index contributed by atoms with van der Waals surface area (Å²) in [6.45, 7) is 0. The van der Waals surface area contributed by atoms with Gasteiger partial charge in [0, 0.05) is 11.5 Å². The van der Waals surface area contributed by atoms with Gasteiger partial charge in [0.15, 0.2) is 0 Å². The monoisotopic (exact) mass is 307 g/mol. The highest BCUT2D eigenvalue weighted by Gasteiger charge is 2.49. The van der Waals surface area contributed by atoms with Crippen molar-refractivity contribution in [3.63, 3.8) is 0 Å². The predicted octanol–water partition coefficient (Wildman–Crippen LogP) is 2.02. The van der Waals surface area contributed by atoms with Crippen molar-refractivity contribution >= 4 is 15.9 Å². The summed E-state index contributed by atoms with van der Waals surface area (Å²) >= 11 is 3.50. The highest BCUT2D eigenvalue weighted by Crippen LogP contribution is 2.48. The van der Waals surface area contributed by atoms with E-state index in [1.807, 2.05) is 23.7 Å². The largest absolute Gasteiger partial charge is 0.393 e. The lowest BCUT2D eigenvalue weighted by Gasteiger charge is -2.44. The van der Waals surface area contributed by atoms with Gasteiger partial charge in [-0.3, -0.25) is 0 Å². The number of benzene rings is 1. The lowest BCUT2D eigenvalue weighted by Crippen LogP contribution is -2.47. The number of aliphatic hydroxyl groups is 1. The van der Waals surface area contributed by atoms with Crippen LogP contribution in [0.1, 0.15) is 24.2 Å². The highest BCUT2D eigenvalue weighted by molar-refractivity contribution is 9.10. The van der Waals surface area contributed by atoms with E-state index < -0.39 is 0 Å². The lowest BCUT2D eigenvalue weighted by atomic mass is 9.62. The molecule has 1 fully saturated rings. The van der Waals surface area contributed by atoms with E-state index in [9.17, 15) is 5.11 Å². The maximum absolute atomic E-state index is 9.73. The molecule has 18 heavy (non-hydrogen) atoms. The van der Waals surface area contributed by atoms with Gasteiger partial charge in [0.2, 0.25) is 0 Å². The van der Waals surface area contributed by atoms with E-state index in [2.05, 4.69) is 38.3 Å². The molecule has 1 saturated carbocycles. The summed E-state index contributed by atoms with van der Waals surface area (Å²) in [7, 11) is 1.94. The van der Waals surface area contributed by atoms with Gasteiger partial charge in [-0.25, -0.2) is 0 Å². The van der Waals surface area contributed by atoms with Crippen LogP contribution in [0.4, 0.5) is 0 Å². The average molecular weight is 308 g/mol. The van der Waals surface area contributed by atoms with Gasteiger partial charge >= 0.3 is 0 Å². The van der Waals surface area contributed by atoms with Crippen LogP contribution in [-0.2, 0) is 12.5 Å². The molecule has 0 atom stereocenters. The summed E-state index contributed by atoms with van der Waals surface area (Å²) < 4.78 is 2.98. The lowest BCUT2D eigenvalue weighted by molar-refractivity contribution is 0.0323. The number of aliphatic hydroxyl groups excluding tert-OH is 1. The molecular weight excluding hydrogens is 294 g/mol. The van der Waals surface area contributed by atoms with Crippen molar-refractivity contribution in [2.45, 2.75) is 24.4 Å². The number of nitrogens with zero attached hydrogens (tertiary/aromatic N) is 3. The molecule has 3 rings (SSSR count). The number of hydrogen-bond donors (Lipinski definition) is 1. The first-order valence-electron chi connectivity index (χ1n) is 5.90. The quantitative estimate of drug-likeness (QED) is 0.923. The van der Waals surface area contributed by atoms with Crippen LogP contribution in [0.25, 0.3) is 0 Å². The van der Waals surface area contributed by atoms with E-state index in [0.717, 1.165) is 10.3 Å². The van der Waals surface area contributed by atoms with E-state index in [1.54, 1.807) is 6.33 Å². The van der Waals surface area contributed by atoms with Crippen LogP contribution in [0.2, 0.25) is 0 Å². The molecule has 2 aromatic rings. The molecule has 1 aromatic carbocycles. The van der Waals surface area contributed by atoms with Crippen LogP contribution in [0, 0.1) is 0 Å². The fraction of sp³-hybridized carbons (Fsp3) is 0.385. The summed E-state index contributed by atoms with van der Waals surface area (Å²) in [5, 5.41) is 17.9. The maximum Gasteiger partial charge on any atom is 0.143 e. The Labute approximate surface area is 114 Å². The SMILES string of the molecule is Cn1cnnc1[C@]1(c2cccc(Br)c2)C[C@H](O)C1. The van der Waals surface area contributed by atoms with Crippen LogP contribution in [0.5, 0.6) is 0 Å². The van der Waals surface area contributed by atoms with Crippen molar-refractivity contribution in [1.29, 1.82) is 0 Å². The highest BCUT2D eigenvalue weighted by atomic mass is 79.9. The van der Waals surface area contributed by atoms with Crippen molar-refractivity contribution in [2.24, 2.45) is 7.05 Å². The number of hydrogen-bond acceptors (Lipinski definition) is 3. The zero-order valence-corrected chi connectivity index (χ0v) is 11.6. The molecule has 94 valence electrons. The summed E-state index contributed by atoms with van der Waals surface area (Å²) in [5.41, 5.74) is 0.979. The Hall–Kier alpha value is -1.20. The summed E-state index contributed by atoms with van der Waals surface area (Å²) in [6.07, 6.45) is 2.87. The van der Waals surface area contributed by atoms with Gasteiger partial charge in [0.1, 0.15) is 12.2 Å². The van der Waals surface area contributed by atoms with Crippen molar-refractivity contribution in [2.75, 3.05) is 0 Å². The van der Waals surface area contributed by atoms with Crippen LogP contribution in [-0.4, -0.2) is 26.0 Å². The zero-order chi connectivity index (χ0) is 12.8. The molecule has 0 aliphatic heterocycles. The van der Waals surface area contributed by atoms with Gasteiger partial charge in [0.25, 0.3) is 0 Å². The van der Waals surface area contributed by atoms with Gasteiger partial charge in [-0.15, -0.1) is 10.2 Å². The van der Waals surface area contributed by atoms with E-state index in [4.69, 9.17) is 0 Å². The summed E-state index contributed by atoms with van der Waals surface area (Å²) in [4.78, 5) is 0. The van der Waals surface area contributed by atoms with Crippen LogP contribution in [0.3, 0.4) is 0 Å². The Morgan fingerprint density at radius 3 is 2.78 bits per heavy atom. The molecule has 0 radical (unpaired) electrons. The molecule has 5 heteroatoms. The molecule has 4 nitrogen and oxygen atoms in total. The van der Waals surface area contributed by atoms with Gasteiger partial charge in [0.05, 0.1) is 11.5 Å². The topological polar surface area (TPSA) is 50.9 Å². The second-order valence-corrected chi connectivity index (χ2v) is 5.84. The van der Waals surface area contributed by atoms with Crippen molar-refractivity contribution in [1.82, 2.24) is 14.8 Å². The standard InChI is InChI=1S/C13H14BrN3O/c1-17-8-15-16-12(17)13(6-11(18)7-13)9-3-2-4-10(14)5-9/h2-5,8,11,18H,6-7H2,1H3/t11-,13+. The van der Waals surface area contributed by atoms with Crippen LogP contribution >= 0.6 is 15.9 Å². The number of aryl methyl sites for hydroxylation is 1. The Kier molecular flexibility index (Phi) is 2.75. The molecule has 0 bridgehead atoms. The van der Waals surface area contributed by atoms with Gasteiger partial charge in [-0.2, -0.15) is 0 Å².